The van der Waals surface area contributed by atoms with Crippen molar-refractivity contribution in [1.29, 1.82) is 0 Å². The second-order valence-corrected chi connectivity index (χ2v) is 6.88. The van der Waals surface area contributed by atoms with E-state index < -0.39 is 28.1 Å². The van der Waals surface area contributed by atoms with Gasteiger partial charge in [-0.05, 0) is 12.1 Å². The fraction of sp³-hybridized carbons (Fsp3) is 0.385. The van der Waals surface area contributed by atoms with Crippen LogP contribution in [0, 0.1) is 0 Å². The summed E-state index contributed by atoms with van der Waals surface area (Å²) in [6.07, 6.45) is -2.41. The number of alkyl halides is 3. The number of anilines is 1. The van der Waals surface area contributed by atoms with E-state index in [1.165, 1.54) is 14.0 Å². The zero-order valence-corrected chi connectivity index (χ0v) is 13.9. The van der Waals surface area contributed by atoms with E-state index in [4.69, 9.17) is 44.3 Å². The Morgan fingerprint density at radius 3 is 2.59 bits per heavy atom. The molecule has 1 N–H and O–H groups in total. The molecule has 22 heavy (non-hydrogen) atoms. The third-order valence-corrected chi connectivity index (χ3v) is 3.54. The quantitative estimate of drug-likeness (QED) is 0.832. The number of carbonyl (C=O) groups excluding carboxylic acids is 2. The molecule has 6 nitrogen and oxygen atoms in total. The number of halogens is 3. The first-order valence-corrected chi connectivity index (χ1v) is 7.34. The van der Waals surface area contributed by atoms with Crippen molar-refractivity contribution in [1.82, 2.24) is 5.32 Å². The smallest absolute Gasteiger partial charge is 0.298 e. The summed E-state index contributed by atoms with van der Waals surface area (Å²) in [5, 5.41) is 2.46. The third-order valence-electron chi connectivity index (χ3n) is 2.92. The van der Waals surface area contributed by atoms with Gasteiger partial charge in [0.15, 0.2) is 6.17 Å². The molecule has 0 unspecified atom stereocenters. The average molecular weight is 368 g/mol. The van der Waals surface area contributed by atoms with Gasteiger partial charge in [-0.15, -0.1) is 0 Å². The predicted octanol–water partition coefficient (Wildman–Crippen LogP) is 2.22. The van der Waals surface area contributed by atoms with E-state index in [0.717, 1.165) is 4.90 Å². The predicted molar refractivity (Wildman–Crippen MR) is 83.2 cm³/mol. The van der Waals surface area contributed by atoms with E-state index in [1.807, 2.05) is 0 Å². The highest BCUT2D eigenvalue weighted by Crippen LogP contribution is 2.40. The Balaban J connectivity index is 2.53. The molecule has 0 spiro atoms. The number of rotatable bonds is 3. The second kappa shape index (κ2) is 6.50. The summed E-state index contributed by atoms with van der Waals surface area (Å²) in [4.78, 5) is 25.1. The average Bonchev–Trinajstić information content (AvgIpc) is 2.43. The Hall–Kier alpha value is -1.21. The van der Waals surface area contributed by atoms with Crippen LogP contribution in [0.2, 0.25) is 0 Å². The first-order valence-electron chi connectivity index (χ1n) is 6.21. The van der Waals surface area contributed by atoms with Gasteiger partial charge in [0.1, 0.15) is 5.75 Å². The fourth-order valence-electron chi connectivity index (χ4n) is 2.05. The molecule has 0 radical (unpaired) electrons. The van der Waals surface area contributed by atoms with Crippen LogP contribution in [0.15, 0.2) is 24.3 Å². The zero-order chi connectivity index (χ0) is 16.5. The van der Waals surface area contributed by atoms with Crippen molar-refractivity contribution in [2.75, 3.05) is 12.0 Å². The van der Waals surface area contributed by atoms with Crippen molar-refractivity contribution in [3.05, 3.63) is 24.3 Å². The number of fused-ring (bicyclic) bond motifs is 1. The molecule has 9 heteroatoms. The number of nitrogens with one attached hydrogen (secondary N) is 1. The Kier molecular flexibility index (Phi) is 5.07. The molecule has 1 aliphatic rings. The molecule has 1 aromatic carbocycles. The zero-order valence-electron chi connectivity index (χ0n) is 11.7. The summed E-state index contributed by atoms with van der Waals surface area (Å²) in [6, 6.07) is 6.68. The highest BCUT2D eigenvalue weighted by Gasteiger charge is 2.46. The van der Waals surface area contributed by atoms with Crippen LogP contribution in [0.4, 0.5) is 5.69 Å². The number of carbonyl (C=O) groups is 2. The lowest BCUT2D eigenvalue weighted by Crippen LogP contribution is -2.61. The van der Waals surface area contributed by atoms with Crippen molar-refractivity contribution in [3.63, 3.8) is 0 Å². The molecule has 1 aromatic rings. The van der Waals surface area contributed by atoms with Crippen molar-refractivity contribution >= 4 is 52.3 Å². The summed E-state index contributed by atoms with van der Waals surface area (Å²) in [7, 11) is 1.32. The number of para-hydroxylation sites is 2. The van der Waals surface area contributed by atoms with Gasteiger partial charge in [-0.2, -0.15) is 0 Å². The molecule has 2 amide bonds. The fourth-order valence-corrected chi connectivity index (χ4v) is 2.51. The second-order valence-electron chi connectivity index (χ2n) is 4.51. The number of benzene rings is 1. The normalized spacial score (nSPS) is 19.2. The summed E-state index contributed by atoms with van der Waals surface area (Å²) in [5.41, 5.74) is 0.367. The lowest BCUT2D eigenvalue weighted by atomic mass is 10.2. The van der Waals surface area contributed by atoms with Gasteiger partial charge in [0, 0.05) is 14.0 Å². The van der Waals surface area contributed by atoms with Crippen LogP contribution >= 0.6 is 34.8 Å². The first-order chi connectivity index (χ1) is 10.3. The molecule has 0 aliphatic carbocycles. The molecule has 2 atom stereocenters. The maximum absolute atomic E-state index is 12.5. The van der Waals surface area contributed by atoms with Gasteiger partial charge in [-0.1, -0.05) is 46.9 Å². The van der Waals surface area contributed by atoms with Crippen LogP contribution in [0.5, 0.6) is 5.75 Å². The highest BCUT2D eigenvalue weighted by molar-refractivity contribution is 6.68. The number of hydrogen-bond acceptors (Lipinski definition) is 4. The Morgan fingerprint density at radius 1 is 1.41 bits per heavy atom. The lowest BCUT2D eigenvalue weighted by molar-refractivity contribution is -0.147. The maximum Gasteiger partial charge on any atom is 0.298 e. The lowest BCUT2D eigenvalue weighted by Gasteiger charge is -2.40. The van der Waals surface area contributed by atoms with Crippen LogP contribution < -0.4 is 15.0 Å². The van der Waals surface area contributed by atoms with Gasteiger partial charge in [0.05, 0.1) is 5.69 Å². The van der Waals surface area contributed by atoms with Crippen molar-refractivity contribution in [2.45, 2.75) is 23.2 Å². The van der Waals surface area contributed by atoms with Crippen molar-refractivity contribution in [2.24, 2.45) is 0 Å². The van der Waals surface area contributed by atoms with E-state index in [-0.39, 0.29) is 0 Å². The summed E-state index contributed by atoms with van der Waals surface area (Å²) in [6.45, 7) is 1.26. The van der Waals surface area contributed by atoms with Gasteiger partial charge in [-0.25, -0.2) is 0 Å². The molecular weight excluding hydrogens is 355 g/mol. The summed E-state index contributed by atoms with van der Waals surface area (Å²) < 4.78 is 8.48. The SMILES string of the molecule is CO[C@H]1Oc2ccccc2N([C@@H](NC(C)=O)C(Cl)(Cl)Cl)C1=O. The standard InChI is InChI=1S/C13H13Cl3N2O4/c1-7(19)17-12(13(14,15)16)18-8-5-3-4-6-9(8)22-11(21-2)10(18)20/h3-6,11-12H,1-2H3,(H,17,19)/t11-,12+/m0/s1. The third kappa shape index (κ3) is 3.41. The molecule has 0 saturated heterocycles. The minimum atomic E-state index is -1.95. The molecule has 0 fully saturated rings. The Labute approximate surface area is 142 Å². The van der Waals surface area contributed by atoms with Gasteiger partial charge < -0.3 is 14.8 Å². The number of nitrogens with zero attached hydrogens (tertiary/aromatic N) is 1. The minimum Gasteiger partial charge on any atom is -0.453 e. The molecule has 0 saturated carbocycles. The molecule has 1 aliphatic heterocycles. The van der Waals surface area contributed by atoms with Crippen LogP contribution in [-0.4, -0.2) is 35.2 Å². The van der Waals surface area contributed by atoms with E-state index >= 15 is 0 Å². The van der Waals surface area contributed by atoms with E-state index in [9.17, 15) is 9.59 Å². The topological polar surface area (TPSA) is 67.9 Å². The number of ether oxygens (including phenoxy) is 2. The molecular formula is C13H13Cl3N2O4. The van der Waals surface area contributed by atoms with Gasteiger partial charge >= 0.3 is 0 Å². The monoisotopic (exact) mass is 366 g/mol. The first kappa shape index (κ1) is 17.1. The van der Waals surface area contributed by atoms with Gasteiger partial charge in [0.25, 0.3) is 12.2 Å². The van der Waals surface area contributed by atoms with E-state index in [0.29, 0.717) is 11.4 Å². The van der Waals surface area contributed by atoms with Crippen LogP contribution in [0.25, 0.3) is 0 Å². The number of amides is 2. The van der Waals surface area contributed by atoms with Gasteiger partial charge in [0.2, 0.25) is 9.70 Å². The van der Waals surface area contributed by atoms with Crippen LogP contribution in [0.1, 0.15) is 6.92 Å². The van der Waals surface area contributed by atoms with E-state index in [1.54, 1.807) is 24.3 Å². The van der Waals surface area contributed by atoms with Gasteiger partial charge in [-0.3, -0.25) is 14.5 Å². The largest absolute Gasteiger partial charge is 0.453 e. The summed E-state index contributed by atoms with van der Waals surface area (Å²) >= 11 is 17.8. The van der Waals surface area contributed by atoms with Crippen LogP contribution in [-0.2, 0) is 14.3 Å². The van der Waals surface area contributed by atoms with Crippen LogP contribution in [0.3, 0.4) is 0 Å². The Bertz CT molecular complexity index is 591. The van der Waals surface area contributed by atoms with E-state index in [2.05, 4.69) is 5.32 Å². The van der Waals surface area contributed by atoms with Crippen molar-refractivity contribution in [3.8, 4) is 5.75 Å². The molecule has 0 aromatic heterocycles. The Morgan fingerprint density at radius 2 is 2.05 bits per heavy atom. The highest BCUT2D eigenvalue weighted by atomic mass is 35.6. The number of methoxy groups -OCH3 is 1. The number of hydrogen-bond donors (Lipinski definition) is 1. The molecule has 120 valence electrons. The summed E-state index contributed by atoms with van der Waals surface area (Å²) in [5.74, 6) is -0.674. The molecule has 2 rings (SSSR count). The van der Waals surface area contributed by atoms with Crippen molar-refractivity contribution < 1.29 is 19.1 Å². The molecule has 0 bridgehead atoms. The minimum absolute atomic E-state index is 0.367. The molecule has 1 heterocycles. The maximum atomic E-state index is 12.5.